The van der Waals surface area contributed by atoms with E-state index >= 15 is 0 Å². The Labute approximate surface area is 154 Å². The van der Waals surface area contributed by atoms with Gasteiger partial charge in [0.05, 0.1) is 5.88 Å². The molecular weight excluding hydrogens is 340 g/mol. The highest BCUT2D eigenvalue weighted by Gasteiger charge is 2.39. The molecule has 2 rings (SSSR count). The molecule has 1 N–H and O–H groups in total. The van der Waals surface area contributed by atoms with E-state index in [1.165, 1.54) is 0 Å². The van der Waals surface area contributed by atoms with Gasteiger partial charge in [0.15, 0.2) is 0 Å². The summed E-state index contributed by atoms with van der Waals surface area (Å²) >= 11 is 1.63. The average Bonchev–Trinajstić information content (AvgIpc) is 3.00. The van der Waals surface area contributed by atoms with Gasteiger partial charge in [-0.15, -0.1) is 11.8 Å². The standard InChI is InChI=1S/C18H30N2O4S/c1-18(2,3)9-15(21)20-12-25-11-14(20)17(24)19-8-4-5-13(10-19)6-7-16(22)23/h13-14H,4-12H2,1-3H3,(H,22,23). The molecule has 0 aromatic carbocycles. The molecule has 2 heterocycles. The van der Waals surface area contributed by atoms with Crippen LogP contribution in [0.2, 0.25) is 0 Å². The molecule has 2 aliphatic heterocycles. The maximum Gasteiger partial charge on any atom is 0.303 e. The largest absolute Gasteiger partial charge is 0.481 e. The van der Waals surface area contributed by atoms with E-state index < -0.39 is 5.97 Å². The quantitative estimate of drug-likeness (QED) is 0.804. The lowest BCUT2D eigenvalue weighted by Crippen LogP contribution is -2.52. The number of piperidine rings is 1. The summed E-state index contributed by atoms with van der Waals surface area (Å²) in [4.78, 5) is 39.9. The van der Waals surface area contributed by atoms with E-state index in [2.05, 4.69) is 0 Å². The minimum absolute atomic E-state index is 0.0345. The molecule has 2 aliphatic rings. The second-order valence-corrected chi connectivity index (χ2v) is 9.34. The number of carboxylic acid groups (broad SMARTS) is 1. The van der Waals surface area contributed by atoms with E-state index in [0.29, 0.717) is 37.6 Å². The third-order valence-corrected chi connectivity index (χ3v) is 5.78. The number of carboxylic acids is 1. The number of thioether (sulfide) groups is 1. The molecule has 0 saturated carbocycles. The Morgan fingerprint density at radius 3 is 2.60 bits per heavy atom. The van der Waals surface area contributed by atoms with Gasteiger partial charge in [-0.1, -0.05) is 20.8 Å². The minimum atomic E-state index is -0.783. The Bertz CT molecular complexity index is 518. The van der Waals surface area contributed by atoms with Crippen LogP contribution in [0.25, 0.3) is 0 Å². The number of likely N-dealkylation sites (tertiary alicyclic amines) is 1. The van der Waals surface area contributed by atoms with Crippen LogP contribution in [-0.4, -0.2) is 63.5 Å². The number of amides is 2. The summed E-state index contributed by atoms with van der Waals surface area (Å²) in [7, 11) is 0. The fourth-order valence-corrected chi connectivity index (χ4v) is 4.66. The summed E-state index contributed by atoms with van der Waals surface area (Å²) in [5, 5.41) is 8.85. The lowest BCUT2D eigenvalue weighted by atomic mass is 9.91. The highest BCUT2D eigenvalue weighted by atomic mass is 32.2. The second-order valence-electron chi connectivity index (χ2n) is 8.34. The van der Waals surface area contributed by atoms with Gasteiger partial charge >= 0.3 is 5.97 Å². The van der Waals surface area contributed by atoms with E-state index in [9.17, 15) is 14.4 Å². The first-order chi connectivity index (χ1) is 11.7. The van der Waals surface area contributed by atoms with Crippen LogP contribution in [0, 0.1) is 11.3 Å². The summed E-state index contributed by atoms with van der Waals surface area (Å²) in [5.41, 5.74) is -0.0923. The predicted octanol–water partition coefficient (Wildman–Crippen LogP) is 2.43. The number of carbonyl (C=O) groups excluding carboxylic acids is 2. The van der Waals surface area contributed by atoms with Crippen molar-refractivity contribution in [2.24, 2.45) is 11.3 Å². The molecule has 0 aliphatic carbocycles. The van der Waals surface area contributed by atoms with Crippen molar-refractivity contribution in [1.82, 2.24) is 9.80 Å². The van der Waals surface area contributed by atoms with Crippen molar-refractivity contribution in [1.29, 1.82) is 0 Å². The SMILES string of the molecule is CC(C)(C)CC(=O)N1CSCC1C(=O)N1CCCC(CCC(=O)O)C1. The van der Waals surface area contributed by atoms with Crippen LogP contribution in [0.1, 0.15) is 52.9 Å². The Hall–Kier alpha value is -1.24. The average molecular weight is 371 g/mol. The third kappa shape index (κ3) is 5.90. The monoisotopic (exact) mass is 370 g/mol. The van der Waals surface area contributed by atoms with E-state index in [0.717, 1.165) is 12.8 Å². The maximum absolute atomic E-state index is 13.0. The zero-order chi connectivity index (χ0) is 18.6. The number of hydrogen-bond acceptors (Lipinski definition) is 4. The van der Waals surface area contributed by atoms with Gasteiger partial charge in [-0.3, -0.25) is 14.4 Å². The van der Waals surface area contributed by atoms with Crippen LogP contribution in [-0.2, 0) is 14.4 Å². The van der Waals surface area contributed by atoms with Crippen molar-refractivity contribution < 1.29 is 19.5 Å². The topological polar surface area (TPSA) is 77.9 Å². The third-order valence-electron chi connectivity index (χ3n) is 4.77. The summed E-state index contributed by atoms with van der Waals surface area (Å²) < 4.78 is 0. The molecule has 0 spiro atoms. The van der Waals surface area contributed by atoms with Crippen LogP contribution in [0.15, 0.2) is 0 Å². The van der Waals surface area contributed by atoms with Crippen LogP contribution in [0.5, 0.6) is 0 Å². The first-order valence-electron chi connectivity index (χ1n) is 9.05. The number of hydrogen-bond donors (Lipinski definition) is 1. The Balaban J connectivity index is 1.95. The summed E-state index contributed by atoms with van der Waals surface area (Å²) in [6, 6.07) is -0.363. The summed E-state index contributed by atoms with van der Waals surface area (Å²) in [6.45, 7) is 7.42. The Morgan fingerprint density at radius 2 is 1.96 bits per heavy atom. The Kier molecular flexibility index (Phi) is 6.77. The first kappa shape index (κ1) is 20.1. The molecule has 0 aromatic heterocycles. The summed E-state index contributed by atoms with van der Waals surface area (Å²) in [6.07, 6.45) is 3.10. The number of nitrogens with zero attached hydrogens (tertiary/aromatic N) is 2. The highest BCUT2D eigenvalue weighted by molar-refractivity contribution is 7.99. The van der Waals surface area contributed by atoms with Crippen LogP contribution < -0.4 is 0 Å². The van der Waals surface area contributed by atoms with Crippen molar-refractivity contribution in [3.8, 4) is 0 Å². The molecule has 7 heteroatoms. The minimum Gasteiger partial charge on any atom is -0.481 e. The predicted molar refractivity (Wildman–Crippen MR) is 98.2 cm³/mol. The van der Waals surface area contributed by atoms with Crippen molar-refractivity contribution >= 4 is 29.5 Å². The van der Waals surface area contributed by atoms with Gasteiger partial charge in [0.2, 0.25) is 11.8 Å². The van der Waals surface area contributed by atoms with Gasteiger partial charge in [0.25, 0.3) is 0 Å². The highest BCUT2D eigenvalue weighted by Crippen LogP contribution is 2.29. The zero-order valence-corrected chi connectivity index (χ0v) is 16.3. The molecule has 2 atom stereocenters. The van der Waals surface area contributed by atoms with E-state index in [1.807, 2.05) is 25.7 Å². The molecule has 0 bridgehead atoms. The van der Waals surface area contributed by atoms with E-state index in [-0.39, 0.29) is 35.6 Å². The van der Waals surface area contributed by atoms with Crippen LogP contribution in [0.4, 0.5) is 0 Å². The van der Waals surface area contributed by atoms with Crippen molar-refractivity contribution in [3.63, 3.8) is 0 Å². The molecule has 2 saturated heterocycles. The molecule has 2 fully saturated rings. The van der Waals surface area contributed by atoms with Gasteiger partial charge < -0.3 is 14.9 Å². The molecule has 25 heavy (non-hydrogen) atoms. The summed E-state index contributed by atoms with van der Waals surface area (Å²) in [5.74, 6) is 0.797. The molecule has 142 valence electrons. The molecular formula is C18H30N2O4S. The Morgan fingerprint density at radius 1 is 1.24 bits per heavy atom. The maximum atomic E-state index is 13.0. The van der Waals surface area contributed by atoms with Gasteiger partial charge in [0.1, 0.15) is 6.04 Å². The normalized spacial score (nSPS) is 24.4. The molecule has 0 radical (unpaired) electrons. The van der Waals surface area contributed by atoms with Gasteiger partial charge in [-0.05, 0) is 30.6 Å². The smallest absolute Gasteiger partial charge is 0.303 e. The lowest BCUT2D eigenvalue weighted by molar-refractivity contribution is -0.145. The van der Waals surface area contributed by atoms with Crippen LogP contribution in [0.3, 0.4) is 0 Å². The molecule has 2 amide bonds. The molecule has 0 aromatic rings. The fraction of sp³-hybridized carbons (Fsp3) is 0.833. The second kappa shape index (κ2) is 8.43. The van der Waals surface area contributed by atoms with Gasteiger partial charge in [-0.2, -0.15) is 0 Å². The fourth-order valence-electron chi connectivity index (χ4n) is 3.49. The number of carbonyl (C=O) groups is 3. The van der Waals surface area contributed by atoms with E-state index in [1.54, 1.807) is 16.7 Å². The first-order valence-corrected chi connectivity index (χ1v) is 10.2. The molecule has 6 nitrogen and oxygen atoms in total. The molecule has 2 unspecified atom stereocenters. The lowest BCUT2D eigenvalue weighted by Gasteiger charge is -2.36. The number of rotatable bonds is 5. The van der Waals surface area contributed by atoms with Crippen molar-refractivity contribution in [2.45, 2.75) is 58.9 Å². The van der Waals surface area contributed by atoms with Gasteiger partial charge in [0, 0.05) is 31.7 Å². The van der Waals surface area contributed by atoms with E-state index in [4.69, 9.17) is 5.11 Å². The zero-order valence-electron chi connectivity index (χ0n) is 15.5. The van der Waals surface area contributed by atoms with Crippen molar-refractivity contribution in [3.05, 3.63) is 0 Å². The van der Waals surface area contributed by atoms with Gasteiger partial charge in [-0.25, -0.2) is 0 Å². The van der Waals surface area contributed by atoms with Crippen LogP contribution >= 0.6 is 11.8 Å². The van der Waals surface area contributed by atoms with Crippen molar-refractivity contribution in [2.75, 3.05) is 24.7 Å². The number of aliphatic carboxylic acids is 1.